The van der Waals surface area contributed by atoms with Gasteiger partial charge in [-0.25, -0.2) is 0 Å². The molecule has 2 nitrogen and oxygen atoms in total. The molecule has 0 saturated heterocycles. The molecule has 90 valence electrons. The van der Waals surface area contributed by atoms with Crippen LogP contribution in [-0.4, -0.2) is 0 Å². The molecule has 0 aliphatic heterocycles. The van der Waals surface area contributed by atoms with Crippen molar-refractivity contribution in [3.8, 4) is 6.07 Å². The van der Waals surface area contributed by atoms with Gasteiger partial charge >= 0.3 is 0 Å². The Balaban J connectivity index is 2.43. The summed E-state index contributed by atoms with van der Waals surface area (Å²) in [5.41, 5.74) is 3.31. The van der Waals surface area contributed by atoms with Gasteiger partial charge in [-0.3, -0.25) is 0 Å². The summed E-state index contributed by atoms with van der Waals surface area (Å²) in [5.74, 6) is 0. The van der Waals surface area contributed by atoms with Crippen molar-refractivity contribution in [3.05, 3.63) is 57.0 Å². The Morgan fingerprint density at radius 2 is 2.00 bits per heavy atom. The van der Waals surface area contributed by atoms with E-state index in [0.29, 0.717) is 16.3 Å². The monoisotopic (exact) mass is 320 g/mol. The Bertz CT molecular complexity index is 632. The van der Waals surface area contributed by atoms with Crippen LogP contribution < -0.4 is 5.32 Å². The molecule has 0 heterocycles. The predicted octanol–water partition coefficient (Wildman–Crippen LogP) is 5.03. The van der Waals surface area contributed by atoms with Crippen molar-refractivity contribution in [3.63, 3.8) is 0 Å². The molecule has 2 aromatic rings. The highest BCUT2D eigenvalue weighted by Crippen LogP contribution is 2.29. The van der Waals surface area contributed by atoms with Crippen LogP contribution in [0.4, 0.5) is 11.4 Å². The third-order valence-corrected chi connectivity index (χ3v) is 3.73. The minimum absolute atomic E-state index is 0.568. The summed E-state index contributed by atoms with van der Waals surface area (Å²) >= 11 is 9.43. The molecule has 0 aromatic heterocycles. The second-order valence-electron chi connectivity index (χ2n) is 3.84. The van der Waals surface area contributed by atoms with Gasteiger partial charge in [0.15, 0.2) is 0 Å². The van der Waals surface area contributed by atoms with E-state index >= 15 is 0 Å². The van der Waals surface area contributed by atoms with Crippen molar-refractivity contribution in [2.45, 2.75) is 6.92 Å². The number of anilines is 2. The molecule has 0 radical (unpaired) electrons. The molecule has 0 aliphatic carbocycles. The van der Waals surface area contributed by atoms with Crippen LogP contribution in [-0.2, 0) is 0 Å². The molecule has 0 bridgehead atoms. The zero-order chi connectivity index (χ0) is 13.1. The van der Waals surface area contributed by atoms with Gasteiger partial charge in [-0.05, 0) is 42.8 Å². The molecule has 0 aliphatic rings. The molecule has 0 atom stereocenters. The van der Waals surface area contributed by atoms with Crippen LogP contribution in [0.15, 0.2) is 40.9 Å². The summed E-state index contributed by atoms with van der Waals surface area (Å²) in [6, 6.07) is 13.2. The Hall–Kier alpha value is -1.50. The van der Waals surface area contributed by atoms with Crippen molar-refractivity contribution in [1.82, 2.24) is 0 Å². The highest BCUT2D eigenvalue weighted by Gasteiger charge is 2.06. The van der Waals surface area contributed by atoms with Crippen molar-refractivity contribution >= 4 is 38.9 Å². The first-order chi connectivity index (χ1) is 8.61. The number of halogens is 2. The van der Waals surface area contributed by atoms with Crippen molar-refractivity contribution in [2.75, 3.05) is 5.32 Å². The third-order valence-electron chi connectivity index (χ3n) is 2.64. The maximum absolute atomic E-state index is 9.07. The first kappa shape index (κ1) is 12.9. The van der Waals surface area contributed by atoms with Gasteiger partial charge in [0.1, 0.15) is 6.07 Å². The molecule has 0 amide bonds. The Labute approximate surface area is 119 Å². The fourth-order valence-corrected chi connectivity index (χ4v) is 2.14. The molecule has 0 spiro atoms. The highest BCUT2D eigenvalue weighted by molar-refractivity contribution is 9.10. The zero-order valence-corrected chi connectivity index (χ0v) is 12.0. The van der Waals surface area contributed by atoms with Gasteiger partial charge in [0.25, 0.3) is 0 Å². The van der Waals surface area contributed by atoms with Gasteiger partial charge in [-0.15, -0.1) is 0 Å². The van der Waals surface area contributed by atoms with Crippen LogP contribution in [0.2, 0.25) is 5.02 Å². The van der Waals surface area contributed by atoms with Gasteiger partial charge in [0, 0.05) is 15.2 Å². The lowest BCUT2D eigenvalue weighted by atomic mass is 10.1. The summed E-state index contributed by atoms with van der Waals surface area (Å²) in [6.07, 6.45) is 0. The Morgan fingerprint density at radius 1 is 1.22 bits per heavy atom. The van der Waals surface area contributed by atoms with Gasteiger partial charge in [0.2, 0.25) is 0 Å². The quantitative estimate of drug-likeness (QED) is 0.842. The average Bonchev–Trinajstić information content (AvgIpc) is 2.35. The Kier molecular flexibility index (Phi) is 3.90. The first-order valence-electron chi connectivity index (χ1n) is 5.33. The van der Waals surface area contributed by atoms with Crippen LogP contribution in [0, 0.1) is 18.3 Å². The van der Waals surface area contributed by atoms with Gasteiger partial charge in [-0.1, -0.05) is 33.6 Å². The maximum atomic E-state index is 9.07. The van der Waals surface area contributed by atoms with E-state index in [1.165, 1.54) is 0 Å². The normalized spacial score (nSPS) is 9.89. The number of rotatable bonds is 2. The molecule has 1 N–H and O–H groups in total. The smallest absolute Gasteiger partial charge is 0.101 e. The van der Waals surface area contributed by atoms with Crippen molar-refractivity contribution < 1.29 is 0 Å². The number of hydrogen-bond acceptors (Lipinski definition) is 2. The van der Waals surface area contributed by atoms with E-state index in [4.69, 9.17) is 16.9 Å². The second-order valence-corrected chi connectivity index (χ2v) is 5.13. The highest BCUT2D eigenvalue weighted by atomic mass is 79.9. The number of hydrogen-bond donors (Lipinski definition) is 1. The summed E-state index contributed by atoms with van der Waals surface area (Å²) in [5, 5.41) is 12.9. The van der Waals surface area contributed by atoms with Crippen LogP contribution in [0.1, 0.15) is 11.1 Å². The van der Waals surface area contributed by atoms with E-state index in [9.17, 15) is 0 Å². The third kappa shape index (κ3) is 2.66. The molecular formula is C14H10BrClN2. The lowest BCUT2D eigenvalue weighted by Gasteiger charge is -2.12. The second kappa shape index (κ2) is 5.43. The summed E-state index contributed by atoms with van der Waals surface area (Å²) in [4.78, 5) is 0. The minimum Gasteiger partial charge on any atom is -0.354 e. The largest absolute Gasteiger partial charge is 0.354 e. The molecule has 0 saturated carbocycles. The Morgan fingerprint density at radius 3 is 2.72 bits per heavy atom. The first-order valence-corrected chi connectivity index (χ1v) is 6.50. The molecule has 4 heteroatoms. The van der Waals surface area contributed by atoms with Crippen LogP contribution >= 0.6 is 27.5 Å². The summed E-state index contributed by atoms with van der Waals surface area (Å²) in [7, 11) is 0. The number of nitrogens with zero attached hydrogens (tertiary/aromatic N) is 1. The van der Waals surface area contributed by atoms with Crippen LogP contribution in [0.5, 0.6) is 0 Å². The molecule has 2 aromatic carbocycles. The topological polar surface area (TPSA) is 35.8 Å². The van der Waals surface area contributed by atoms with E-state index in [-0.39, 0.29) is 0 Å². The fourth-order valence-electron chi connectivity index (χ4n) is 1.61. The van der Waals surface area contributed by atoms with E-state index in [1.807, 2.05) is 25.1 Å². The SMILES string of the molecule is Cc1c(Br)cccc1Nc1cc(Cl)ccc1C#N. The molecule has 0 fully saturated rings. The number of nitrogens with one attached hydrogen (secondary N) is 1. The van der Waals surface area contributed by atoms with E-state index < -0.39 is 0 Å². The summed E-state index contributed by atoms with van der Waals surface area (Å²) in [6.45, 7) is 2.00. The van der Waals surface area contributed by atoms with E-state index in [0.717, 1.165) is 15.7 Å². The predicted molar refractivity (Wildman–Crippen MR) is 78.3 cm³/mol. The van der Waals surface area contributed by atoms with Crippen LogP contribution in [0.3, 0.4) is 0 Å². The maximum Gasteiger partial charge on any atom is 0.101 e. The molecule has 2 rings (SSSR count). The lowest BCUT2D eigenvalue weighted by molar-refractivity contribution is 1.39. The lowest BCUT2D eigenvalue weighted by Crippen LogP contribution is -1.96. The van der Waals surface area contributed by atoms with Gasteiger partial charge in [0.05, 0.1) is 11.3 Å². The average molecular weight is 322 g/mol. The fraction of sp³-hybridized carbons (Fsp3) is 0.0714. The van der Waals surface area contributed by atoms with Crippen LogP contribution in [0.25, 0.3) is 0 Å². The molecule has 18 heavy (non-hydrogen) atoms. The molecular weight excluding hydrogens is 312 g/mol. The van der Waals surface area contributed by atoms with E-state index in [2.05, 4.69) is 27.3 Å². The van der Waals surface area contributed by atoms with Gasteiger partial charge in [-0.2, -0.15) is 5.26 Å². The minimum atomic E-state index is 0.568. The van der Waals surface area contributed by atoms with E-state index in [1.54, 1.807) is 18.2 Å². The van der Waals surface area contributed by atoms with Crippen molar-refractivity contribution in [2.24, 2.45) is 0 Å². The molecule has 0 unspecified atom stereocenters. The summed E-state index contributed by atoms with van der Waals surface area (Å²) < 4.78 is 1.02. The van der Waals surface area contributed by atoms with Crippen molar-refractivity contribution in [1.29, 1.82) is 5.26 Å². The standard InChI is InChI=1S/C14H10BrClN2/c1-9-12(15)3-2-4-13(9)18-14-7-11(16)6-5-10(14)8-17/h2-7,18H,1H3. The zero-order valence-electron chi connectivity index (χ0n) is 9.67. The number of benzene rings is 2. The number of nitriles is 1. The van der Waals surface area contributed by atoms with Gasteiger partial charge < -0.3 is 5.32 Å².